The first kappa shape index (κ1) is 16.8. The molecule has 1 aromatic rings. The normalized spacial score (nSPS) is 17.6. The van der Waals surface area contributed by atoms with Crippen LogP contribution in [0.25, 0.3) is 0 Å². The Bertz CT molecular complexity index is 672. The number of piperidine rings is 1. The molecule has 0 bridgehead atoms. The number of halogens is 1. The van der Waals surface area contributed by atoms with Gasteiger partial charge in [-0.25, -0.2) is 4.39 Å². The van der Waals surface area contributed by atoms with Crippen LogP contribution in [0.4, 0.5) is 4.39 Å². The number of imide groups is 1. The monoisotopic (exact) mass is 320 g/mol. The molecule has 7 heteroatoms. The second-order valence-electron chi connectivity index (χ2n) is 5.44. The molecule has 3 amide bonds. The fraction of sp³-hybridized carbons (Fsp3) is 0.375. The van der Waals surface area contributed by atoms with Crippen molar-refractivity contribution >= 4 is 24.0 Å². The smallest absolute Gasteiger partial charge is 0.252 e. The van der Waals surface area contributed by atoms with Gasteiger partial charge in [-0.1, -0.05) is 0 Å². The lowest BCUT2D eigenvalue weighted by atomic mass is 9.96. The number of hydrogen-bond acceptors (Lipinski definition) is 4. The van der Waals surface area contributed by atoms with Gasteiger partial charge in [-0.3, -0.25) is 19.7 Å². The Hall–Kier alpha value is -2.57. The molecule has 0 aromatic heterocycles. The van der Waals surface area contributed by atoms with E-state index in [1.54, 1.807) is 6.92 Å². The van der Waals surface area contributed by atoms with Crippen molar-refractivity contribution in [2.24, 2.45) is 0 Å². The summed E-state index contributed by atoms with van der Waals surface area (Å²) in [4.78, 5) is 45.8. The van der Waals surface area contributed by atoms with Gasteiger partial charge in [-0.15, -0.1) is 0 Å². The number of aryl methyl sites for hydroxylation is 2. The molecular weight excluding hydrogens is 303 g/mol. The molecule has 1 unspecified atom stereocenters. The lowest BCUT2D eigenvalue weighted by Gasteiger charge is -2.23. The predicted octanol–water partition coefficient (Wildman–Crippen LogP) is 0.801. The third kappa shape index (κ3) is 4.00. The van der Waals surface area contributed by atoms with Crippen molar-refractivity contribution in [1.82, 2.24) is 10.6 Å². The largest absolute Gasteiger partial charge is 0.340 e. The van der Waals surface area contributed by atoms with Crippen LogP contribution in [0.2, 0.25) is 0 Å². The number of aldehydes is 1. The van der Waals surface area contributed by atoms with Crippen molar-refractivity contribution in [2.75, 3.05) is 0 Å². The molecule has 0 aliphatic carbocycles. The van der Waals surface area contributed by atoms with Crippen LogP contribution >= 0.6 is 0 Å². The number of hydrogen-bond donors (Lipinski definition) is 2. The molecule has 1 aliphatic rings. The minimum Gasteiger partial charge on any atom is -0.340 e. The molecule has 6 nitrogen and oxygen atoms in total. The van der Waals surface area contributed by atoms with Crippen molar-refractivity contribution < 1.29 is 23.6 Å². The van der Waals surface area contributed by atoms with E-state index in [-0.39, 0.29) is 37.2 Å². The molecule has 1 aliphatic heterocycles. The van der Waals surface area contributed by atoms with Crippen LogP contribution in [0, 0.1) is 12.7 Å². The van der Waals surface area contributed by atoms with Gasteiger partial charge in [0, 0.05) is 18.4 Å². The van der Waals surface area contributed by atoms with E-state index >= 15 is 0 Å². The van der Waals surface area contributed by atoms with E-state index in [2.05, 4.69) is 10.6 Å². The van der Waals surface area contributed by atoms with Gasteiger partial charge < -0.3 is 10.1 Å². The third-order valence-electron chi connectivity index (χ3n) is 3.69. The van der Waals surface area contributed by atoms with Crippen LogP contribution in [-0.2, 0) is 20.8 Å². The predicted molar refractivity (Wildman–Crippen MR) is 79.2 cm³/mol. The molecule has 1 atom stereocenters. The summed E-state index contributed by atoms with van der Waals surface area (Å²) in [6.07, 6.45) is 1.47. The molecule has 0 radical (unpaired) electrons. The fourth-order valence-electron chi connectivity index (χ4n) is 2.61. The van der Waals surface area contributed by atoms with E-state index in [0.29, 0.717) is 17.4 Å². The minimum atomic E-state index is -0.802. The maximum absolute atomic E-state index is 13.5. The number of benzene rings is 1. The van der Waals surface area contributed by atoms with Crippen LogP contribution < -0.4 is 10.6 Å². The summed E-state index contributed by atoms with van der Waals surface area (Å²) in [6, 6.07) is 1.64. The van der Waals surface area contributed by atoms with Crippen LogP contribution in [0.1, 0.15) is 40.7 Å². The SMILES string of the molecule is Cc1cc(F)cc(CCC=O)c1C(=O)NC1CCC(=O)NC1=O. The standard InChI is InChI=1S/C16H17FN2O4/c1-9-7-11(17)8-10(3-2-6-20)14(9)16(23)18-12-4-5-13(21)19-15(12)22/h6-8,12H,2-5H2,1H3,(H,18,23)(H,19,21,22). The zero-order chi connectivity index (χ0) is 17.0. The Kier molecular flexibility index (Phi) is 5.20. The van der Waals surface area contributed by atoms with E-state index in [1.807, 2.05) is 0 Å². The van der Waals surface area contributed by atoms with Crippen molar-refractivity contribution in [3.63, 3.8) is 0 Å². The lowest BCUT2D eigenvalue weighted by molar-refractivity contribution is -0.134. The second kappa shape index (κ2) is 7.13. The van der Waals surface area contributed by atoms with E-state index in [1.165, 1.54) is 12.1 Å². The molecule has 122 valence electrons. The van der Waals surface area contributed by atoms with E-state index < -0.39 is 23.7 Å². The average molecular weight is 320 g/mol. The Balaban J connectivity index is 2.22. The average Bonchev–Trinajstić information content (AvgIpc) is 2.47. The maximum Gasteiger partial charge on any atom is 0.252 e. The van der Waals surface area contributed by atoms with Gasteiger partial charge in [-0.2, -0.15) is 0 Å². The van der Waals surface area contributed by atoms with Gasteiger partial charge in [-0.05, 0) is 43.0 Å². The fourth-order valence-corrected chi connectivity index (χ4v) is 2.61. The van der Waals surface area contributed by atoms with Gasteiger partial charge in [0.1, 0.15) is 18.1 Å². The topological polar surface area (TPSA) is 92.3 Å². The zero-order valence-electron chi connectivity index (χ0n) is 12.6. The highest BCUT2D eigenvalue weighted by atomic mass is 19.1. The highest BCUT2D eigenvalue weighted by molar-refractivity contribution is 6.04. The van der Waals surface area contributed by atoms with Crippen LogP contribution in [-0.4, -0.2) is 30.0 Å². The molecule has 23 heavy (non-hydrogen) atoms. The molecule has 0 spiro atoms. The summed E-state index contributed by atoms with van der Waals surface area (Å²) in [7, 11) is 0. The molecule has 1 saturated heterocycles. The van der Waals surface area contributed by atoms with Crippen LogP contribution in [0.5, 0.6) is 0 Å². The maximum atomic E-state index is 13.5. The number of nitrogens with one attached hydrogen (secondary N) is 2. The molecule has 2 N–H and O–H groups in total. The van der Waals surface area contributed by atoms with Gasteiger partial charge >= 0.3 is 0 Å². The van der Waals surface area contributed by atoms with E-state index in [0.717, 1.165) is 0 Å². The van der Waals surface area contributed by atoms with E-state index in [9.17, 15) is 23.6 Å². The second-order valence-corrected chi connectivity index (χ2v) is 5.44. The lowest BCUT2D eigenvalue weighted by Crippen LogP contribution is -2.52. The Morgan fingerprint density at radius 1 is 1.43 bits per heavy atom. The minimum absolute atomic E-state index is 0.150. The molecule has 1 fully saturated rings. The van der Waals surface area contributed by atoms with Crippen molar-refractivity contribution in [3.8, 4) is 0 Å². The van der Waals surface area contributed by atoms with Gasteiger partial charge in [0.15, 0.2) is 0 Å². The van der Waals surface area contributed by atoms with E-state index in [4.69, 9.17) is 0 Å². The first-order chi connectivity index (χ1) is 10.9. The van der Waals surface area contributed by atoms with Crippen molar-refractivity contribution in [2.45, 2.75) is 38.6 Å². The summed E-state index contributed by atoms with van der Waals surface area (Å²) >= 11 is 0. The number of amides is 3. The van der Waals surface area contributed by atoms with Crippen LogP contribution in [0.15, 0.2) is 12.1 Å². The van der Waals surface area contributed by atoms with Gasteiger partial charge in [0.05, 0.1) is 0 Å². The summed E-state index contributed by atoms with van der Waals surface area (Å²) in [5.41, 5.74) is 1.10. The van der Waals surface area contributed by atoms with Crippen molar-refractivity contribution in [3.05, 3.63) is 34.6 Å². The Morgan fingerprint density at radius 2 is 2.17 bits per heavy atom. The van der Waals surface area contributed by atoms with Gasteiger partial charge in [0.2, 0.25) is 11.8 Å². The number of rotatable bonds is 5. The summed E-state index contributed by atoms with van der Waals surface area (Å²) in [6.45, 7) is 1.59. The zero-order valence-corrected chi connectivity index (χ0v) is 12.6. The first-order valence-electron chi connectivity index (χ1n) is 7.29. The molecule has 1 aromatic carbocycles. The quantitative estimate of drug-likeness (QED) is 0.620. The summed E-state index contributed by atoms with van der Waals surface area (Å²) < 4.78 is 13.5. The van der Waals surface area contributed by atoms with Crippen LogP contribution in [0.3, 0.4) is 0 Å². The Labute approximate surface area is 132 Å². The highest BCUT2D eigenvalue weighted by Crippen LogP contribution is 2.19. The molecule has 0 saturated carbocycles. The third-order valence-corrected chi connectivity index (χ3v) is 3.69. The number of carbonyl (C=O) groups excluding carboxylic acids is 4. The van der Waals surface area contributed by atoms with Crippen molar-refractivity contribution in [1.29, 1.82) is 0 Å². The highest BCUT2D eigenvalue weighted by Gasteiger charge is 2.29. The summed E-state index contributed by atoms with van der Waals surface area (Å²) in [5, 5.41) is 4.73. The molecule has 1 heterocycles. The van der Waals surface area contributed by atoms with Gasteiger partial charge in [0.25, 0.3) is 5.91 Å². The molecular formula is C16H17FN2O4. The Morgan fingerprint density at radius 3 is 2.83 bits per heavy atom. The summed E-state index contributed by atoms with van der Waals surface area (Å²) in [5.74, 6) is -1.92. The first-order valence-corrected chi connectivity index (χ1v) is 7.29. The molecule has 2 rings (SSSR count). The number of carbonyl (C=O) groups is 4.